The molecule has 1 aliphatic heterocycles. The molecule has 1 aliphatic rings. The van der Waals surface area contributed by atoms with E-state index in [1.165, 1.54) is 13.2 Å². The zero-order valence-corrected chi connectivity index (χ0v) is 14.5. The van der Waals surface area contributed by atoms with Crippen LogP contribution in [0.5, 0.6) is 5.75 Å². The van der Waals surface area contributed by atoms with Gasteiger partial charge >= 0.3 is 6.18 Å². The highest BCUT2D eigenvalue weighted by Crippen LogP contribution is 2.52. The van der Waals surface area contributed by atoms with Gasteiger partial charge in [-0.1, -0.05) is 12.1 Å². The average Bonchev–Trinajstić information content (AvgIpc) is 2.85. The number of aromatic nitrogens is 1. The van der Waals surface area contributed by atoms with Crippen molar-refractivity contribution in [1.82, 2.24) is 4.98 Å². The van der Waals surface area contributed by atoms with Gasteiger partial charge in [0.1, 0.15) is 11.4 Å². The van der Waals surface area contributed by atoms with E-state index in [1.807, 2.05) is 0 Å². The number of alkyl halides is 3. The van der Waals surface area contributed by atoms with Gasteiger partial charge in [-0.3, -0.25) is 14.6 Å². The second kappa shape index (κ2) is 6.26. The molecule has 2 heterocycles. The van der Waals surface area contributed by atoms with Crippen LogP contribution in [0.3, 0.4) is 0 Å². The molecule has 0 saturated carbocycles. The number of carbonyl (C=O) groups excluding carboxylic acids is 2. The SMILES string of the molecule is COc1ccc(CN2C(=O)C(C)(C(F)(F)F)c3c2ccnc3C(N)=O)cc1. The summed E-state index contributed by atoms with van der Waals surface area (Å²) in [4.78, 5) is 29.2. The first-order valence-corrected chi connectivity index (χ1v) is 7.92. The molecule has 2 aromatic rings. The van der Waals surface area contributed by atoms with Crippen LogP contribution in [-0.4, -0.2) is 30.1 Å². The third kappa shape index (κ3) is 2.79. The molecule has 0 aliphatic carbocycles. The minimum atomic E-state index is -4.93. The number of pyridine rings is 1. The molecule has 1 unspecified atom stereocenters. The first kappa shape index (κ1) is 18.7. The fourth-order valence-corrected chi connectivity index (χ4v) is 3.18. The van der Waals surface area contributed by atoms with Crippen molar-refractivity contribution in [3.8, 4) is 5.75 Å². The van der Waals surface area contributed by atoms with Gasteiger partial charge in [0, 0.05) is 11.8 Å². The molecule has 27 heavy (non-hydrogen) atoms. The van der Waals surface area contributed by atoms with Crippen molar-refractivity contribution < 1.29 is 27.5 Å². The molecule has 0 bridgehead atoms. The predicted molar refractivity (Wildman–Crippen MR) is 90.3 cm³/mol. The van der Waals surface area contributed by atoms with E-state index in [9.17, 15) is 22.8 Å². The predicted octanol–water partition coefficient (Wildman–Crippen LogP) is 2.56. The fourth-order valence-electron chi connectivity index (χ4n) is 3.18. The molecule has 0 fully saturated rings. The van der Waals surface area contributed by atoms with Crippen molar-refractivity contribution in [2.45, 2.75) is 25.1 Å². The largest absolute Gasteiger partial charge is 0.497 e. The van der Waals surface area contributed by atoms with Gasteiger partial charge in [-0.15, -0.1) is 0 Å². The normalized spacial score (nSPS) is 19.1. The van der Waals surface area contributed by atoms with Crippen molar-refractivity contribution >= 4 is 17.5 Å². The van der Waals surface area contributed by atoms with Crippen LogP contribution in [0.25, 0.3) is 0 Å². The number of fused-ring (bicyclic) bond motifs is 1. The minimum Gasteiger partial charge on any atom is -0.497 e. The molecule has 0 radical (unpaired) electrons. The van der Waals surface area contributed by atoms with Gasteiger partial charge in [0.15, 0.2) is 5.41 Å². The number of benzene rings is 1. The molecule has 6 nitrogen and oxygen atoms in total. The first-order chi connectivity index (χ1) is 12.6. The van der Waals surface area contributed by atoms with E-state index < -0.39 is 34.7 Å². The quantitative estimate of drug-likeness (QED) is 0.885. The third-order valence-corrected chi connectivity index (χ3v) is 4.69. The maximum atomic E-state index is 13.9. The van der Waals surface area contributed by atoms with E-state index in [1.54, 1.807) is 24.3 Å². The van der Waals surface area contributed by atoms with Gasteiger partial charge in [0.25, 0.3) is 5.91 Å². The van der Waals surface area contributed by atoms with Crippen LogP contribution >= 0.6 is 0 Å². The summed E-state index contributed by atoms with van der Waals surface area (Å²) in [5, 5.41) is 0. The highest BCUT2D eigenvalue weighted by Gasteiger charge is 2.65. The number of primary amides is 1. The number of hydrogen-bond acceptors (Lipinski definition) is 4. The summed E-state index contributed by atoms with van der Waals surface area (Å²) in [7, 11) is 1.49. The van der Waals surface area contributed by atoms with Gasteiger partial charge in [-0.05, 0) is 30.7 Å². The Kier molecular flexibility index (Phi) is 4.33. The number of anilines is 1. The fraction of sp³-hybridized carbons (Fsp3) is 0.278. The minimum absolute atomic E-state index is 0.0283. The zero-order valence-electron chi connectivity index (χ0n) is 14.5. The summed E-state index contributed by atoms with van der Waals surface area (Å²) in [6.45, 7) is 0.639. The van der Waals surface area contributed by atoms with Gasteiger partial charge in [-0.2, -0.15) is 13.2 Å². The topological polar surface area (TPSA) is 85.5 Å². The summed E-state index contributed by atoms with van der Waals surface area (Å²) in [6, 6.07) is 7.85. The van der Waals surface area contributed by atoms with Crippen molar-refractivity contribution in [2.24, 2.45) is 5.73 Å². The molecule has 9 heteroatoms. The highest BCUT2D eigenvalue weighted by molar-refractivity contribution is 6.11. The number of methoxy groups -OCH3 is 1. The Morgan fingerprint density at radius 2 is 1.89 bits per heavy atom. The molecular weight excluding hydrogens is 363 g/mol. The number of nitrogens with two attached hydrogens (primary N) is 1. The summed E-state index contributed by atoms with van der Waals surface area (Å²) in [5.74, 6) is -1.73. The summed E-state index contributed by atoms with van der Waals surface area (Å²) >= 11 is 0. The van der Waals surface area contributed by atoms with Crippen molar-refractivity contribution in [1.29, 1.82) is 0 Å². The standard InChI is InChI=1S/C18H16F3N3O3/c1-17(18(19,20)21)13-12(7-8-23-14(13)15(22)25)24(16(17)26)9-10-3-5-11(27-2)6-4-10/h3-8H,9H2,1-2H3,(H2,22,25). The molecule has 3 rings (SSSR count). The maximum Gasteiger partial charge on any atom is 0.407 e. The molecule has 2 amide bonds. The number of amides is 2. The van der Waals surface area contributed by atoms with Crippen LogP contribution in [0.4, 0.5) is 18.9 Å². The number of halogens is 3. The van der Waals surface area contributed by atoms with Crippen LogP contribution in [0.15, 0.2) is 36.5 Å². The molecule has 0 spiro atoms. The monoisotopic (exact) mass is 379 g/mol. The van der Waals surface area contributed by atoms with Gasteiger partial charge in [0.2, 0.25) is 5.91 Å². The molecule has 2 N–H and O–H groups in total. The molecule has 1 aromatic heterocycles. The van der Waals surface area contributed by atoms with Crippen LogP contribution < -0.4 is 15.4 Å². The van der Waals surface area contributed by atoms with Gasteiger partial charge in [-0.25, -0.2) is 0 Å². The van der Waals surface area contributed by atoms with E-state index in [-0.39, 0.29) is 12.2 Å². The molecular formula is C18H16F3N3O3. The molecule has 0 saturated heterocycles. The summed E-state index contributed by atoms with van der Waals surface area (Å²) in [5.41, 5.74) is 1.80. The second-order valence-electron chi connectivity index (χ2n) is 6.28. The number of nitrogens with zero attached hydrogens (tertiary/aromatic N) is 2. The molecule has 142 valence electrons. The van der Waals surface area contributed by atoms with Gasteiger partial charge < -0.3 is 15.4 Å². The zero-order chi connectivity index (χ0) is 20.0. The van der Waals surface area contributed by atoms with Crippen LogP contribution in [0.1, 0.15) is 28.5 Å². The number of rotatable bonds is 4. The van der Waals surface area contributed by atoms with E-state index in [4.69, 9.17) is 10.5 Å². The van der Waals surface area contributed by atoms with E-state index >= 15 is 0 Å². The van der Waals surface area contributed by atoms with Crippen LogP contribution in [0.2, 0.25) is 0 Å². The van der Waals surface area contributed by atoms with Crippen LogP contribution in [-0.2, 0) is 16.8 Å². The Morgan fingerprint density at radius 3 is 2.41 bits per heavy atom. The maximum absolute atomic E-state index is 13.9. The van der Waals surface area contributed by atoms with Crippen LogP contribution in [0, 0.1) is 0 Å². The van der Waals surface area contributed by atoms with Gasteiger partial charge in [0.05, 0.1) is 19.3 Å². The number of carbonyl (C=O) groups is 2. The third-order valence-electron chi connectivity index (χ3n) is 4.69. The molecule has 1 aromatic carbocycles. The lowest BCUT2D eigenvalue weighted by Gasteiger charge is -2.27. The Hall–Kier alpha value is -3.10. The lowest BCUT2D eigenvalue weighted by molar-refractivity contribution is -0.187. The molecule has 1 atom stereocenters. The lowest BCUT2D eigenvalue weighted by Crippen LogP contribution is -2.49. The second-order valence-corrected chi connectivity index (χ2v) is 6.28. The Morgan fingerprint density at radius 1 is 1.26 bits per heavy atom. The van der Waals surface area contributed by atoms with Crippen molar-refractivity contribution in [2.75, 3.05) is 12.0 Å². The Labute approximate surface area is 152 Å². The van der Waals surface area contributed by atoms with E-state index in [2.05, 4.69) is 4.98 Å². The van der Waals surface area contributed by atoms with Crippen molar-refractivity contribution in [3.05, 3.63) is 53.3 Å². The average molecular weight is 379 g/mol. The Bertz CT molecular complexity index is 912. The van der Waals surface area contributed by atoms with E-state index in [0.29, 0.717) is 11.3 Å². The first-order valence-electron chi connectivity index (χ1n) is 7.92. The van der Waals surface area contributed by atoms with E-state index in [0.717, 1.165) is 18.0 Å². The van der Waals surface area contributed by atoms with Crippen molar-refractivity contribution in [3.63, 3.8) is 0 Å². The highest BCUT2D eigenvalue weighted by atomic mass is 19.4. The number of hydrogen-bond donors (Lipinski definition) is 1. The Balaban J connectivity index is 2.14. The lowest BCUT2D eigenvalue weighted by atomic mass is 9.81. The smallest absolute Gasteiger partial charge is 0.407 e. The summed E-state index contributed by atoms with van der Waals surface area (Å²) < 4.78 is 46.7. The summed E-state index contributed by atoms with van der Waals surface area (Å²) in [6.07, 6.45) is -3.77. The number of ether oxygens (including phenoxy) is 1.